The van der Waals surface area contributed by atoms with Crippen LogP contribution in [0.2, 0.25) is 0 Å². The zero-order valence-corrected chi connectivity index (χ0v) is 13.3. The van der Waals surface area contributed by atoms with Crippen molar-refractivity contribution >= 4 is 21.8 Å². The molecule has 20 heavy (non-hydrogen) atoms. The molecular weight excluding hydrogens is 316 g/mol. The van der Waals surface area contributed by atoms with Crippen LogP contribution in [-0.2, 0) is 11.3 Å². The predicted octanol–water partition coefficient (Wildman–Crippen LogP) is 2.78. The molecule has 2 N–H and O–H groups in total. The minimum absolute atomic E-state index is 0.0428. The van der Waals surface area contributed by atoms with Crippen molar-refractivity contribution in [3.8, 4) is 0 Å². The van der Waals surface area contributed by atoms with Gasteiger partial charge in [-0.25, -0.2) is 0 Å². The third-order valence-electron chi connectivity index (χ3n) is 5.01. The van der Waals surface area contributed by atoms with Crippen LogP contribution in [0.15, 0.2) is 28.7 Å². The van der Waals surface area contributed by atoms with Gasteiger partial charge in [0.2, 0.25) is 5.91 Å². The second kappa shape index (κ2) is 5.49. The minimum Gasteiger partial charge on any atom is -0.341 e. The largest absolute Gasteiger partial charge is 0.341 e. The van der Waals surface area contributed by atoms with Gasteiger partial charge >= 0.3 is 0 Å². The van der Waals surface area contributed by atoms with Gasteiger partial charge in [-0.15, -0.1) is 0 Å². The second-order valence-corrected chi connectivity index (χ2v) is 7.08. The Hall–Kier alpha value is -0.870. The van der Waals surface area contributed by atoms with Crippen LogP contribution in [0.25, 0.3) is 0 Å². The van der Waals surface area contributed by atoms with Crippen molar-refractivity contribution in [2.24, 2.45) is 23.5 Å². The number of hydrogen-bond donors (Lipinski definition) is 1. The van der Waals surface area contributed by atoms with Gasteiger partial charge in [0, 0.05) is 24.1 Å². The van der Waals surface area contributed by atoms with E-state index in [4.69, 9.17) is 5.73 Å². The molecule has 2 aliphatic rings. The summed E-state index contributed by atoms with van der Waals surface area (Å²) in [5.41, 5.74) is 7.41. The summed E-state index contributed by atoms with van der Waals surface area (Å²) in [6, 6.07) is 8.12. The normalized spacial score (nSPS) is 31.6. The Morgan fingerprint density at radius 1 is 1.35 bits per heavy atom. The lowest BCUT2D eigenvalue weighted by Crippen LogP contribution is -2.45. The topological polar surface area (TPSA) is 46.3 Å². The van der Waals surface area contributed by atoms with Gasteiger partial charge in [0.25, 0.3) is 0 Å². The zero-order valence-electron chi connectivity index (χ0n) is 11.8. The van der Waals surface area contributed by atoms with Crippen LogP contribution < -0.4 is 5.73 Å². The number of halogens is 1. The highest BCUT2D eigenvalue weighted by molar-refractivity contribution is 9.10. The van der Waals surface area contributed by atoms with Crippen molar-refractivity contribution in [2.45, 2.75) is 31.8 Å². The summed E-state index contributed by atoms with van der Waals surface area (Å²) in [4.78, 5) is 14.5. The van der Waals surface area contributed by atoms with E-state index in [-0.39, 0.29) is 17.9 Å². The molecule has 0 aliphatic heterocycles. The summed E-state index contributed by atoms with van der Waals surface area (Å²) in [5, 5.41) is 0. The molecular formula is C16H21BrN2O. The van der Waals surface area contributed by atoms with Gasteiger partial charge in [-0.3, -0.25) is 4.79 Å². The van der Waals surface area contributed by atoms with Crippen LogP contribution in [0, 0.1) is 17.8 Å². The molecule has 0 radical (unpaired) electrons. The van der Waals surface area contributed by atoms with Crippen LogP contribution in [0.5, 0.6) is 0 Å². The maximum Gasteiger partial charge on any atom is 0.227 e. The van der Waals surface area contributed by atoms with Gasteiger partial charge in [0.15, 0.2) is 0 Å². The average molecular weight is 337 g/mol. The molecule has 1 aromatic rings. The predicted molar refractivity (Wildman–Crippen MR) is 82.9 cm³/mol. The van der Waals surface area contributed by atoms with Gasteiger partial charge in [-0.1, -0.05) is 34.1 Å². The molecule has 2 aliphatic carbocycles. The molecule has 4 atom stereocenters. The van der Waals surface area contributed by atoms with E-state index >= 15 is 0 Å². The minimum atomic E-state index is 0.0428. The number of rotatable bonds is 3. The van der Waals surface area contributed by atoms with Gasteiger partial charge in [0.1, 0.15) is 0 Å². The van der Waals surface area contributed by atoms with Gasteiger partial charge < -0.3 is 10.6 Å². The molecule has 2 saturated carbocycles. The molecule has 108 valence electrons. The first-order chi connectivity index (χ1) is 9.58. The fourth-order valence-electron chi connectivity index (χ4n) is 3.92. The van der Waals surface area contributed by atoms with E-state index in [2.05, 4.69) is 22.0 Å². The number of carbonyl (C=O) groups excluding carboxylic acids is 1. The molecule has 4 unspecified atom stereocenters. The highest BCUT2D eigenvalue weighted by Gasteiger charge is 2.49. The molecule has 1 aromatic carbocycles. The van der Waals surface area contributed by atoms with E-state index in [1.807, 2.05) is 30.1 Å². The Bertz CT molecular complexity index is 517. The number of hydrogen-bond acceptors (Lipinski definition) is 2. The van der Waals surface area contributed by atoms with Crippen LogP contribution in [0.4, 0.5) is 0 Å². The Balaban J connectivity index is 1.70. The Morgan fingerprint density at radius 3 is 2.70 bits per heavy atom. The van der Waals surface area contributed by atoms with Gasteiger partial charge in [0.05, 0.1) is 5.92 Å². The van der Waals surface area contributed by atoms with Gasteiger partial charge in [-0.2, -0.15) is 0 Å². The lowest BCUT2D eigenvalue weighted by Gasteiger charge is -2.31. The van der Waals surface area contributed by atoms with Crippen LogP contribution in [0.3, 0.4) is 0 Å². The SMILES string of the molecule is CN(Cc1ccccc1Br)C(=O)C1C2CCC(C2)C1N. The number of nitrogens with two attached hydrogens (primary N) is 1. The molecule has 2 fully saturated rings. The first kappa shape index (κ1) is 14.1. The lowest BCUT2D eigenvalue weighted by molar-refractivity contribution is -0.137. The van der Waals surface area contributed by atoms with E-state index in [0.717, 1.165) is 16.5 Å². The van der Waals surface area contributed by atoms with Crippen molar-refractivity contribution in [1.29, 1.82) is 0 Å². The highest BCUT2D eigenvalue weighted by atomic mass is 79.9. The lowest BCUT2D eigenvalue weighted by atomic mass is 9.84. The molecule has 1 amide bonds. The first-order valence-electron chi connectivity index (χ1n) is 7.32. The fourth-order valence-corrected chi connectivity index (χ4v) is 4.33. The molecule has 3 nitrogen and oxygen atoms in total. The van der Waals surface area contributed by atoms with Crippen molar-refractivity contribution in [2.75, 3.05) is 7.05 Å². The molecule has 0 saturated heterocycles. The Morgan fingerprint density at radius 2 is 2.05 bits per heavy atom. The maximum absolute atomic E-state index is 12.7. The van der Waals surface area contributed by atoms with Crippen molar-refractivity contribution in [1.82, 2.24) is 4.90 Å². The summed E-state index contributed by atoms with van der Waals surface area (Å²) in [7, 11) is 1.89. The van der Waals surface area contributed by atoms with E-state index in [1.54, 1.807) is 0 Å². The van der Waals surface area contributed by atoms with Crippen molar-refractivity contribution in [3.05, 3.63) is 34.3 Å². The van der Waals surface area contributed by atoms with E-state index in [0.29, 0.717) is 18.4 Å². The first-order valence-corrected chi connectivity index (χ1v) is 8.11. The Labute approximate surface area is 128 Å². The standard InChI is InChI=1S/C16H21BrN2O/c1-19(9-12-4-2-3-5-13(12)17)16(20)14-10-6-7-11(8-10)15(14)18/h2-5,10-11,14-15H,6-9,18H2,1H3. The van der Waals surface area contributed by atoms with E-state index in [9.17, 15) is 4.79 Å². The molecule has 2 bridgehead atoms. The van der Waals surface area contributed by atoms with Crippen molar-refractivity contribution in [3.63, 3.8) is 0 Å². The van der Waals surface area contributed by atoms with E-state index < -0.39 is 0 Å². The molecule has 4 heteroatoms. The summed E-state index contributed by atoms with van der Waals surface area (Å²) < 4.78 is 1.05. The molecule has 0 spiro atoms. The van der Waals surface area contributed by atoms with Crippen LogP contribution in [-0.4, -0.2) is 23.9 Å². The number of benzene rings is 1. The summed E-state index contributed by atoms with van der Waals surface area (Å²) in [5.74, 6) is 1.36. The van der Waals surface area contributed by atoms with E-state index in [1.165, 1.54) is 12.8 Å². The smallest absolute Gasteiger partial charge is 0.227 e. The number of amides is 1. The number of fused-ring (bicyclic) bond motifs is 2. The average Bonchev–Trinajstić information content (AvgIpc) is 3.01. The van der Waals surface area contributed by atoms with Crippen LogP contribution >= 0.6 is 15.9 Å². The summed E-state index contributed by atoms with van der Waals surface area (Å²) in [6.07, 6.45) is 3.54. The fraction of sp³-hybridized carbons (Fsp3) is 0.562. The van der Waals surface area contributed by atoms with Crippen LogP contribution in [0.1, 0.15) is 24.8 Å². The second-order valence-electron chi connectivity index (χ2n) is 6.22. The third kappa shape index (κ3) is 2.40. The molecule has 0 heterocycles. The highest BCUT2D eigenvalue weighted by Crippen LogP contribution is 2.48. The maximum atomic E-state index is 12.7. The number of carbonyl (C=O) groups is 1. The summed E-state index contributed by atoms with van der Waals surface area (Å²) in [6.45, 7) is 0.640. The third-order valence-corrected chi connectivity index (χ3v) is 5.78. The van der Waals surface area contributed by atoms with Gasteiger partial charge in [-0.05, 0) is 42.7 Å². The zero-order chi connectivity index (χ0) is 14.3. The number of nitrogens with zero attached hydrogens (tertiary/aromatic N) is 1. The Kier molecular flexibility index (Phi) is 3.87. The van der Waals surface area contributed by atoms with Crippen molar-refractivity contribution < 1.29 is 4.79 Å². The molecule has 0 aromatic heterocycles. The quantitative estimate of drug-likeness (QED) is 0.922. The summed E-state index contributed by atoms with van der Waals surface area (Å²) >= 11 is 3.54. The monoisotopic (exact) mass is 336 g/mol. The molecule has 3 rings (SSSR count).